The maximum Gasteiger partial charge on any atom is 0.324 e. The molecule has 0 fully saturated rings. The quantitative estimate of drug-likeness (QED) is 0.0725. The first-order valence-electron chi connectivity index (χ1n) is 19.3. The molecule has 13 heteroatoms. The van der Waals surface area contributed by atoms with Crippen LogP contribution in [-0.4, -0.2) is 86.5 Å². The van der Waals surface area contributed by atoms with E-state index in [0.717, 1.165) is 39.9 Å². The van der Waals surface area contributed by atoms with Gasteiger partial charge in [0.15, 0.2) is 0 Å². The first-order chi connectivity index (χ1) is 27.9. The number of methoxy groups -OCH3 is 1. The Labute approximate surface area is 340 Å². The van der Waals surface area contributed by atoms with Gasteiger partial charge < -0.3 is 39.2 Å². The summed E-state index contributed by atoms with van der Waals surface area (Å²) in [7, 11) is 5.64. The summed E-state index contributed by atoms with van der Waals surface area (Å²) in [5.41, 5.74) is 3.99. The van der Waals surface area contributed by atoms with Crippen LogP contribution in [0.3, 0.4) is 0 Å². The van der Waals surface area contributed by atoms with Gasteiger partial charge in [-0.25, -0.2) is 14.5 Å². The van der Waals surface area contributed by atoms with Gasteiger partial charge in [-0.2, -0.15) is 5.10 Å². The molecular formula is C45H53N7O6. The Bertz CT molecular complexity index is 2280. The topological polar surface area (TPSA) is 133 Å². The van der Waals surface area contributed by atoms with Gasteiger partial charge in [-0.3, -0.25) is 5.32 Å². The van der Waals surface area contributed by atoms with Crippen LogP contribution in [0.2, 0.25) is 0 Å². The number of benzene rings is 4. The highest BCUT2D eigenvalue weighted by atomic mass is 16.5. The number of anilines is 4. The summed E-state index contributed by atoms with van der Waals surface area (Å²) in [6, 6.07) is 30.1. The van der Waals surface area contributed by atoms with Gasteiger partial charge in [0.1, 0.15) is 41.2 Å². The number of aryl methyl sites for hydroxylation is 1. The lowest BCUT2D eigenvalue weighted by Gasteiger charge is -2.15. The van der Waals surface area contributed by atoms with Crippen molar-refractivity contribution in [1.29, 1.82) is 0 Å². The molecule has 13 nitrogen and oxygen atoms in total. The number of urea groups is 1. The number of nitrogens with zero attached hydrogens (tertiary/aromatic N) is 4. The predicted octanol–water partition coefficient (Wildman–Crippen LogP) is 9.19. The minimum absolute atomic E-state index is 0.216. The second kappa shape index (κ2) is 19.3. The summed E-state index contributed by atoms with van der Waals surface area (Å²) in [6.07, 6.45) is 1.67. The number of amides is 2. The van der Waals surface area contributed by atoms with E-state index in [1.54, 1.807) is 24.1 Å². The van der Waals surface area contributed by atoms with E-state index < -0.39 is 6.03 Å². The number of carbonyl (C=O) groups is 1. The number of fused-ring (bicyclic) bond motifs is 1. The molecule has 0 aliphatic heterocycles. The van der Waals surface area contributed by atoms with Crippen LogP contribution in [0.5, 0.6) is 23.0 Å². The predicted molar refractivity (Wildman–Crippen MR) is 230 cm³/mol. The van der Waals surface area contributed by atoms with Gasteiger partial charge in [-0.05, 0) is 51.4 Å². The molecule has 3 N–H and O–H groups in total. The Balaban J connectivity index is 1.10. The Morgan fingerprint density at radius 3 is 2.24 bits per heavy atom. The number of nitrogens with one attached hydrogen (secondary N) is 3. The van der Waals surface area contributed by atoms with E-state index in [2.05, 4.69) is 46.6 Å². The summed E-state index contributed by atoms with van der Waals surface area (Å²) in [4.78, 5) is 20.1. The maximum absolute atomic E-state index is 13.5. The molecule has 6 rings (SSSR count). The molecule has 0 atom stereocenters. The highest BCUT2D eigenvalue weighted by molar-refractivity contribution is 6.07. The van der Waals surface area contributed by atoms with Crippen LogP contribution in [-0.2, 0) is 14.9 Å². The first kappa shape index (κ1) is 41.5. The number of aromatic nitrogens is 3. The van der Waals surface area contributed by atoms with Crippen LogP contribution in [0.1, 0.15) is 32.0 Å². The number of hydrogen-bond acceptors (Lipinski definition) is 10. The molecule has 304 valence electrons. The van der Waals surface area contributed by atoms with Crippen molar-refractivity contribution < 1.29 is 28.5 Å². The molecule has 0 unspecified atom stereocenters. The van der Waals surface area contributed by atoms with Gasteiger partial charge in [-0.1, -0.05) is 62.7 Å². The van der Waals surface area contributed by atoms with E-state index in [0.29, 0.717) is 73.4 Å². The molecule has 0 aliphatic rings. The van der Waals surface area contributed by atoms with Crippen molar-refractivity contribution in [1.82, 2.24) is 19.7 Å². The van der Waals surface area contributed by atoms with E-state index in [4.69, 9.17) is 28.8 Å². The minimum atomic E-state index is -0.395. The summed E-state index contributed by atoms with van der Waals surface area (Å²) < 4.78 is 30.9. The number of pyridine rings is 1. The lowest BCUT2D eigenvalue weighted by atomic mass is 9.92. The van der Waals surface area contributed by atoms with Gasteiger partial charge in [-0.15, -0.1) is 0 Å². The Kier molecular flexibility index (Phi) is 13.8. The molecule has 6 aromatic rings. The van der Waals surface area contributed by atoms with Crippen LogP contribution >= 0.6 is 0 Å². The van der Waals surface area contributed by atoms with Crippen molar-refractivity contribution in [2.45, 2.75) is 33.1 Å². The molecular weight excluding hydrogens is 735 g/mol. The third-order valence-corrected chi connectivity index (χ3v) is 9.03. The SMILES string of the molecule is COc1cc(Nc2cc(Oc3ccc(NC(=O)Nc4cc(C(C)(C)C)nn4-c4ccc(C)cc4)c4ccccc34)ccn2)cc(OCCOCCOCCN(C)C)c1. The molecule has 0 saturated carbocycles. The number of rotatable bonds is 18. The summed E-state index contributed by atoms with van der Waals surface area (Å²) in [5, 5.41) is 15.9. The fourth-order valence-electron chi connectivity index (χ4n) is 5.91. The van der Waals surface area contributed by atoms with Crippen molar-refractivity contribution in [2.75, 3.05) is 76.7 Å². The van der Waals surface area contributed by atoms with Crippen LogP contribution in [0.15, 0.2) is 103 Å². The highest BCUT2D eigenvalue weighted by Gasteiger charge is 2.22. The smallest absolute Gasteiger partial charge is 0.324 e. The monoisotopic (exact) mass is 787 g/mol. The number of hydrogen-bond donors (Lipinski definition) is 3. The molecule has 58 heavy (non-hydrogen) atoms. The van der Waals surface area contributed by atoms with Crippen LogP contribution in [0, 0.1) is 6.92 Å². The van der Waals surface area contributed by atoms with Gasteiger partial charge >= 0.3 is 6.03 Å². The second-order valence-corrected chi connectivity index (χ2v) is 15.0. The minimum Gasteiger partial charge on any atom is -0.497 e. The zero-order chi connectivity index (χ0) is 41.1. The average molecular weight is 788 g/mol. The van der Waals surface area contributed by atoms with Crippen molar-refractivity contribution in [2.24, 2.45) is 0 Å². The Hall–Kier alpha value is -6.15. The van der Waals surface area contributed by atoms with E-state index >= 15 is 0 Å². The molecule has 2 heterocycles. The van der Waals surface area contributed by atoms with E-state index in [-0.39, 0.29) is 5.41 Å². The number of ether oxygens (including phenoxy) is 5. The third-order valence-electron chi connectivity index (χ3n) is 9.03. The Morgan fingerprint density at radius 1 is 0.776 bits per heavy atom. The fourth-order valence-corrected chi connectivity index (χ4v) is 5.91. The standard InChI is InChI=1S/C45H53N7O6/c1-31-12-14-33(15-13-31)52-43(30-41(50-52)45(2,3)4)49-44(53)48-39-16-17-40(38-11-9-8-10-37(38)39)58-34-18-19-46-42(29-34)47-32-26-35(54-7)28-36(27-32)57-25-24-56-23-22-55-21-20-51(5)6/h8-19,26-30H,20-25H2,1-7H3,(H,46,47)(H2,48,49,53). The van der Waals surface area contributed by atoms with E-state index in [9.17, 15) is 4.79 Å². The van der Waals surface area contributed by atoms with E-state index in [1.165, 1.54) is 0 Å². The zero-order valence-electron chi connectivity index (χ0n) is 34.3. The average Bonchev–Trinajstić information content (AvgIpc) is 3.62. The van der Waals surface area contributed by atoms with Crippen molar-refractivity contribution >= 4 is 39.8 Å². The molecule has 0 spiro atoms. The molecule has 0 bridgehead atoms. The van der Waals surface area contributed by atoms with Crippen LogP contribution in [0.25, 0.3) is 16.5 Å². The van der Waals surface area contributed by atoms with Gasteiger partial charge in [0.05, 0.1) is 50.6 Å². The Morgan fingerprint density at radius 2 is 1.50 bits per heavy atom. The van der Waals surface area contributed by atoms with Gasteiger partial charge in [0.2, 0.25) is 0 Å². The molecule has 0 aliphatic carbocycles. The maximum atomic E-state index is 13.5. The van der Waals surface area contributed by atoms with Crippen LogP contribution < -0.4 is 30.2 Å². The first-order valence-corrected chi connectivity index (χ1v) is 19.3. The normalized spacial score (nSPS) is 11.4. The lowest BCUT2D eigenvalue weighted by molar-refractivity contribution is 0.0324. The second-order valence-electron chi connectivity index (χ2n) is 15.0. The highest BCUT2D eigenvalue weighted by Crippen LogP contribution is 2.36. The number of carbonyl (C=O) groups excluding carboxylic acids is 1. The largest absolute Gasteiger partial charge is 0.497 e. The third kappa shape index (κ3) is 11.5. The molecule has 2 amide bonds. The van der Waals surface area contributed by atoms with Gasteiger partial charge in [0.25, 0.3) is 0 Å². The van der Waals surface area contributed by atoms with Crippen molar-refractivity contribution in [3.05, 3.63) is 115 Å². The van der Waals surface area contributed by atoms with Crippen LogP contribution in [0.4, 0.5) is 27.8 Å². The number of likely N-dealkylation sites (N-methyl/N-ethyl adjacent to an activating group) is 1. The van der Waals surface area contributed by atoms with Crippen molar-refractivity contribution in [3.8, 4) is 28.7 Å². The molecule has 0 radical (unpaired) electrons. The van der Waals surface area contributed by atoms with E-state index in [1.807, 2.05) is 112 Å². The summed E-state index contributed by atoms with van der Waals surface area (Å²) >= 11 is 0. The molecule has 0 saturated heterocycles. The fraction of sp³-hybridized carbons (Fsp3) is 0.311. The van der Waals surface area contributed by atoms with Gasteiger partial charge in [0, 0.05) is 64.9 Å². The molecule has 4 aromatic carbocycles. The lowest BCUT2D eigenvalue weighted by Crippen LogP contribution is -2.21. The summed E-state index contributed by atoms with van der Waals surface area (Å²) in [5.74, 6) is 3.57. The molecule has 2 aromatic heterocycles. The van der Waals surface area contributed by atoms with Crippen molar-refractivity contribution in [3.63, 3.8) is 0 Å². The summed E-state index contributed by atoms with van der Waals surface area (Å²) in [6.45, 7) is 11.7. The zero-order valence-corrected chi connectivity index (χ0v) is 34.3.